The van der Waals surface area contributed by atoms with Crippen LogP contribution in [0.25, 0.3) is 22.2 Å². The van der Waals surface area contributed by atoms with Crippen LogP contribution in [-0.2, 0) is 6.61 Å². The predicted octanol–water partition coefficient (Wildman–Crippen LogP) is 4.74. The minimum atomic E-state index is -5.25. The van der Waals surface area contributed by atoms with Gasteiger partial charge >= 0.3 is 6.36 Å². The van der Waals surface area contributed by atoms with E-state index in [1.165, 1.54) is 0 Å². The molecule has 2 saturated carbocycles. The molecule has 0 bridgehead atoms. The number of rotatable bonds is 6. The number of aliphatic hydroxyl groups excluding tert-OH is 1. The number of nitrogens with two attached hydrogens (primary N) is 1. The van der Waals surface area contributed by atoms with Crippen LogP contribution in [0.2, 0.25) is 0 Å². The van der Waals surface area contributed by atoms with Crippen LogP contribution in [0.3, 0.4) is 0 Å². The van der Waals surface area contributed by atoms with E-state index >= 15 is 4.39 Å². The van der Waals surface area contributed by atoms with E-state index in [2.05, 4.69) is 20.0 Å². The molecule has 6 rings (SSSR count). The van der Waals surface area contributed by atoms with E-state index in [4.69, 9.17) is 5.73 Å². The monoisotopic (exact) mass is 523 g/mol. The minimum absolute atomic E-state index is 0.0509. The van der Waals surface area contributed by atoms with Crippen LogP contribution in [-0.4, -0.2) is 39.1 Å². The molecule has 1 aliphatic heterocycles. The van der Waals surface area contributed by atoms with Crippen molar-refractivity contribution in [3.8, 4) is 17.0 Å². The predicted molar refractivity (Wildman–Crippen MR) is 125 cm³/mol. The molecule has 0 amide bonds. The van der Waals surface area contributed by atoms with Crippen LogP contribution >= 0.6 is 0 Å². The molecule has 12 heteroatoms. The molecule has 2 aliphatic carbocycles. The summed E-state index contributed by atoms with van der Waals surface area (Å²) in [6.07, 6.45) is -3.69. The lowest BCUT2D eigenvalue weighted by Gasteiger charge is -2.18. The number of aliphatic hydroxyl groups is 1. The highest BCUT2D eigenvalue weighted by atomic mass is 19.4. The van der Waals surface area contributed by atoms with Crippen LogP contribution in [0.5, 0.6) is 5.75 Å². The summed E-state index contributed by atoms with van der Waals surface area (Å²) < 4.78 is 76.3. The Hall–Kier alpha value is -2.99. The van der Waals surface area contributed by atoms with Gasteiger partial charge in [0.1, 0.15) is 11.5 Å². The second-order valence-corrected chi connectivity index (χ2v) is 10.4. The maximum absolute atomic E-state index is 16.5. The molecule has 0 spiro atoms. The van der Waals surface area contributed by atoms with Gasteiger partial charge in [-0.1, -0.05) is 13.8 Å². The van der Waals surface area contributed by atoms with Crippen molar-refractivity contribution in [1.29, 1.82) is 0 Å². The molecule has 2 unspecified atom stereocenters. The first-order valence-corrected chi connectivity index (χ1v) is 12.3. The Kier molecular flexibility index (Phi) is 5.43. The quantitative estimate of drug-likeness (QED) is 0.319. The summed E-state index contributed by atoms with van der Waals surface area (Å²) in [5, 5.41) is 14.4. The zero-order valence-corrected chi connectivity index (χ0v) is 20.2. The van der Waals surface area contributed by atoms with Gasteiger partial charge in [0, 0.05) is 17.1 Å². The van der Waals surface area contributed by atoms with E-state index in [0.29, 0.717) is 28.6 Å². The van der Waals surface area contributed by atoms with Gasteiger partial charge in [-0.3, -0.25) is 0 Å². The average Bonchev–Trinajstić information content (AvgIpc) is 3.69. The van der Waals surface area contributed by atoms with Crippen LogP contribution < -0.4 is 15.8 Å². The lowest BCUT2D eigenvalue weighted by Crippen LogP contribution is -2.19. The van der Waals surface area contributed by atoms with Crippen molar-refractivity contribution in [2.75, 3.05) is 18.8 Å². The van der Waals surface area contributed by atoms with Gasteiger partial charge in [0.05, 0.1) is 23.4 Å². The number of anilines is 1. The Morgan fingerprint density at radius 3 is 2.43 bits per heavy atom. The highest BCUT2D eigenvalue weighted by Gasteiger charge is 2.56. The average molecular weight is 524 g/mol. The molecule has 7 nitrogen and oxygen atoms in total. The van der Waals surface area contributed by atoms with E-state index in [-0.39, 0.29) is 30.0 Å². The fourth-order valence-corrected chi connectivity index (χ4v) is 6.08. The number of nitrogen functional groups attached to an aromatic ring is 1. The van der Waals surface area contributed by atoms with Crippen molar-refractivity contribution < 1.29 is 31.8 Å². The first-order valence-electron chi connectivity index (χ1n) is 12.3. The molecule has 4 N–H and O–H groups in total. The SMILES string of the molecule is CC(C)c1nc(-c2cc(N)nc(F)c2OC(F)(F)F)c(F)c2c1c(C1C3CNC[C@@H]31)c(CO)n2C1CC1. The van der Waals surface area contributed by atoms with Crippen molar-refractivity contribution in [2.45, 2.75) is 57.5 Å². The number of nitrogens with zero attached hydrogens (tertiary/aromatic N) is 3. The number of nitrogens with one attached hydrogen (secondary N) is 1. The summed E-state index contributed by atoms with van der Waals surface area (Å²) in [7, 11) is 0. The van der Waals surface area contributed by atoms with Crippen molar-refractivity contribution in [2.24, 2.45) is 11.8 Å². The van der Waals surface area contributed by atoms with E-state index in [0.717, 1.165) is 37.6 Å². The Morgan fingerprint density at radius 1 is 1.19 bits per heavy atom. The van der Waals surface area contributed by atoms with E-state index in [1.807, 2.05) is 13.8 Å². The smallest absolute Gasteiger partial charge is 0.400 e. The molecule has 0 aromatic carbocycles. The number of alkyl halides is 3. The van der Waals surface area contributed by atoms with Gasteiger partial charge in [-0.05, 0) is 61.2 Å². The zero-order valence-electron chi connectivity index (χ0n) is 20.2. The second kappa shape index (κ2) is 8.26. The molecular formula is C25H26F5N5O2. The van der Waals surface area contributed by atoms with E-state index < -0.39 is 41.0 Å². The van der Waals surface area contributed by atoms with Crippen molar-refractivity contribution in [3.63, 3.8) is 0 Å². The first-order chi connectivity index (χ1) is 17.5. The van der Waals surface area contributed by atoms with Gasteiger partial charge in [0.25, 0.3) is 5.95 Å². The van der Waals surface area contributed by atoms with Crippen LogP contribution in [0.4, 0.5) is 27.8 Å². The molecule has 3 atom stereocenters. The fourth-order valence-electron chi connectivity index (χ4n) is 6.08. The Bertz CT molecular complexity index is 1410. The standard InChI is InChI=1S/C25H26F5N5O2/c1-9(2)20-18-17(16-12-6-32-7-13(12)16)14(8-36)35(10-3-4-10)22(18)19(26)21(34-20)11-5-15(31)33-24(27)23(11)37-25(28,29)30/h5,9-10,12-13,16,32,36H,3-4,6-8H2,1-2H3,(H2,31,33)/t12-,13?,16?/m0/s1. The molecule has 3 fully saturated rings. The largest absolute Gasteiger partial charge is 0.573 e. The van der Waals surface area contributed by atoms with Crippen LogP contribution in [0.1, 0.15) is 61.5 Å². The number of ether oxygens (including phenoxy) is 1. The molecular weight excluding hydrogens is 497 g/mol. The van der Waals surface area contributed by atoms with Crippen LogP contribution in [0, 0.1) is 23.6 Å². The Morgan fingerprint density at radius 2 is 1.86 bits per heavy atom. The summed E-state index contributed by atoms with van der Waals surface area (Å²) in [6.45, 7) is 5.05. The van der Waals surface area contributed by atoms with Gasteiger partial charge in [0.15, 0.2) is 11.6 Å². The van der Waals surface area contributed by atoms with Crippen LogP contribution in [0.15, 0.2) is 6.07 Å². The molecule has 3 aliphatic rings. The number of pyridine rings is 2. The molecule has 1 saturated heterocycles. The zero-order chi connectivity index (χ0) is 26.4. The fraction of sp³-hybridized carbons (Fsp3) is 0.520. The topological polar surface area (TPSA) is 98.2 Å². The van der Waals surface area contributed by atoms with Gasteiger partial charge < -0.3 is 25.5 Å². The Labute approximate surface area is 208 Å². The number of aromatic nitrogens is 3. The summed E-state index contributed by atoms with van der Waals surface area (Å²) in [6, 6.07) is 0.880. The number of fused-ring (bicyclic) bond motifs is 2. The molecule has 198 valence electrons. The lowest BCUT2D eigenvalue weighted by atomic mass is 9.96. The highest BCUT2D eigenvalue weighted by molar-refractivity contribution is 5.93. The van der Waals surface area contributed by atoms with Crippen molar-refractivity contribution in [3.05, 3.63) is 34.8 Å². The number of hydrogen-bond acceptors (Lipinski definition) is 6. The van der Waals surface area contributed by atoms with Gasteiger partial charge in [-0.25, -0.2) is 9.37 Å². The normalized spacial score (nSPS) is 23.2. The molecule has 37 heavy (non-hydrogen) atoms. The third-order valence-electron chi connectivity index (χ3n) is 7.71. The number of piperidine rings is 1. The summed E-state index contributed by atoms with van der Waals surface area (Å²) in [5.74, 6) is -3.65. The maximum atomic E-state index is 16.5. The van der Waals surface area contributed by atoms with E-state index in [9.17, 15) is 22.7 Å². The van der Waals surface area contributed by atoms with Gasteiger partial charge in [-0.15, -0.1) is 13.2 Å². The molecule has 3 aromatic heterocycles. The molecule has 3 aromatic rings. The third-order valence-corrected chi connectivity index (χ3v) is 7.71. The summed E-state index contributed by atoms with van der Waals surface area (Å²) >= 11 is 0. The Balaban J connectivity index is 1.68. The highest BCUT2D eigenvalue weighted by Crippen LogP contribution is 2.60. The second-order valence-electron chi connectivity index (χ2n) is 10.4. The number of hydrogen-bond donors (Lipinski definition) is 3. The molecule has 0 radical (unpaired) electrons. The van der Waals surface area contributed by atoms with Crippen molar-refractivity contribution >= 4 is 16.7 Å². The summed E-state index contributed by atoms with van der Waals surface area (Å²) in [4.78, 5) is 7.73. The molecule has 4 heterocycles. The van der Waals surface area contributed by atoms with Gasteiger partial charge in [-0.2, -0.15) is 9.37 Å². The minimum Gasteiger partial charge on any atom is -0.400 e. The number of halogens is 5. The lowest BCUT2D eigenvalue weighted by molar-refractivity contribution is -0.275. The summed E-state index contributed by atoms with van der Waals surface area (Å²) in [5.41, 5.74) is 6.68. The van der Waals surface area contributed by atoms with Gasteiger partial charge in [0.2, 0.25) is 0 Å². The first kappa shape index (κ1) is 24.4. The van der Waals surface area contributed by atoms with E-state index in [1.54, 1.807) is 4.57 Å². The third kappa shape index (κ3) is 3.83. The van der Waals surface area contributed by atoms with Crippen molar-refractivity contribution in [1.82, 2.24) is 19.9 Å². The maximum Gasteiger partial charge on any atom is 0.573 e.